The molecule has 0 spiro atoms. The summed E-state index contributed by atoms with van der Waals surface area (Å²) in [5, 5.41) is 10.2. The van der Waals surface area contributed by atoms with Crippen molar-refractivity contribution in [3.8, 4) is 11.5 Å². The molecule has 1 aliphatic rings. The molecule has 0 aliphatic carbocycles. The first-order chi connectivity index (χ1) is 10.1. The first-order valence-corrected chi connectivity index (χ1v) is 7.93. The molecule has 1 aromatic rings. The normalized spacial score (nSPS) is 19.9. The Hall–Kier alpha value is -1.26. The van der Waals surface area contributed by atoms with Crippen LogP contribution in [0, 0.1) is 0 Å². The van der Waals surface area contributed by atoms with Crippen molar-refractivity contribution in [3.05, 3.63) is 23.8 Å². The highest BCUT2D eigenvalue weighted by atomic mass is 16.5. The first-order valence-electron chi connectivity index (χ1n) is 7.93. The van der Waals surface area contributed by atoms with Gasteiger partial charge in [0.15, 0.2) is 0 Å². The van der Waals surface area contributed by atoms with Crippen molar-refractivity contribution in [1.82, 2.24) is 9.80 Å². The number of hydrogen-bond donors (Lipinski definition) is 1. The lowest BCUT2D eigenvalue weighted by molar-refractivity contribution is 0.127. The van der Waals surface area contributed by atoms with Crippen LogP contribution in [0.5, 0.6) is 11.5 Å². The fraction of sp³-hybridized carbons (Fsp3) is 0.647. The maximum absolute atomic E-state index is 10.2. The third-order valence-corrected chi connectivity index (χ3v) is 4.13. The molecule has 1 heterocycles. The molecule has 0 aromatic heterocycles. The molecule has 1 unspecified atom stereocenters. The van der Waals surface area contributed by atoms with Crippen molar-refractivity contribution < 1.29 is 9.84 Å². The number of benzene rings is 1. The van der Waals surface area contributed by atoms with E-state index in [1.165, 1.54) is 12.8 Å². The highest BCUT2D eigenvalue weighted by molar-refractivity contribution is 5.39. The quantitative estimate of drug-likeness (QED) is 0.874. The molecule has 118 valence electrons. The minimum atomic E-state index is 0.343. The van der Waals surface area contributed by atoms with Gasteiger partial charge in [0.25, 0.3) is 0 Å². The van der Waals surface area contributed by atoms with Gasteiger partial charge in [0, 0.05) is 30.8 Å². The zero-order valence-corrected chi connectivity index (χ0v) is 13.5. The molecule has 1 N–H and O–H groups in total. The molecule has 4 heteroatoms. The lowest BCUT2D eigenvalue weighted by Crippen LogP contribution is -2.44. The summed E-state index contributed by atoms with van der Waals surface area (Å²) in [5.74, 6) is 1.10. The molecule has 1 aromatic carbocycles. The average molecular weight is 292 g/mol. The van der Waals surface area contributed by atoms with Crippen LogP contribution in [-0.4, -0.2) is 54.7 Å². The summed E-state index contributed by atoms with van der Waals surface area (Å²) in [4.78, 5) is 4.73. The van der Waals surface area contributed by atoms with Gasteiger partial charge in [-0.25, -0.2) is 0 Å². The van der Waals surface area contributed by atoms with E-state index < -0.39 is 0 Å². The van der Waals surface area contributed by atoms with E-state index in [9.17, 15) is 5.11 Å². The maximum Gasteiger partial charge on any atom is 0.123 e. The van der Waals surface area contributed by atoms with Crippen molar-refractivity contribution in [3.63, 3.8) is 0 Å². The van der Waals surface area contributed by atoms with Gasteiger partial charge in [-0.1, -0.05) is 13.0 Å². The standard InChI is InChI=1S/C17H28N2O2/c1-4-10-21-16-8-7-14(17(20)11-16)12-19-9-5-6-15(13-19)18(2)3/h7-8,11,15,20H,4-6,9-10,12-13H2,1-3H3. The number of aromatic hydroxyl groups is 1. The molecule has 21 heavy (non-hydrogen) atoms. The number of phenolic OH excluding ortho intramolecular Hbond substituents is 1. The van der Waals surface area contributed by atoms with Crippen LogP contribution >= 0.6 is 0 Å². The summed E-state index contributed by atoms with van der Waals surface area (Å²) in [5.41, 5.74) is 0.984. The monoisotopic (exact) mass is 292 g/mol. The molecule has 2 rings (SSSR count). The van der Waals surface area contributed by atoms with Crippen molar-refractivity contribution in [1.29, 1.82) is 0 Å². The third kappa shape index (κ3) is 4.61. The van der Waals surface area contributed by atoms with Gasteiger partial charge >= 0.3 is 0 Å². The molecule has 1 aliphatic heterocycles. The molecule has 1 fully saturated rings. The minimum absolute atomic E-state index is 0.343. The van der Waals surface area contributed by atoms with Crippen LogP contribution in [0.3, 0.4) is 0 Å². The van der Waals surface area contributed by atoms with Gasteiger partial charge in [-0.2, -0.15) is 0 Å². The molecule has 1 saturated heterocycles. The molecule has 4 nitrogen and oxygen atoms in total. The Morgan fingerprint density at radius 2 is 2.19 bits per heavy atom. The Labute approximate surface area is 128 Å². The molecular formula is C17H28N2O2. The van der Waals surface area contributed by atoms with E-state index in [1.54, 1.807) is 6.07 Å². The smallest absolute Gasteiger partial charge is 0.123 e. The Morgan fingerprint density at radius 1 is 1.38 bits per heavy atom. The summed E-state index contributed by atoms with van der Waals surface area (Å²) in [6, 6.07) is 6.30. The van der Waals surface area contributed by atoms with Gasteiger partial charge in [-0.3, -0.25) is 4.90 Å². The summed E-state index contributed by atoms with van der Waals surface area (Å²) >= 11 is 0. The Bertz CT molecular complexity index is 448. The predicted molar refractivity (Wildman–Crippen MR) is 85.9 cm³/mol. The van der Waals surface area contributed by atoms with E-state index in [0.29, 0.717) is 18.4 Å². The highest BCUT2D eigenvalue weighted by Gasteiger charge is 2.21. The lowest BCUT2D eigenvalue weighted by atomic mass is 10.0. The van der Waals surface area contributed by atoms with Gasteiger partial charge in [0.05, 0.1) is 6.61 Å². The zero-order chi connectivity index (χ0) is 15.2. The highest BCUT2D eigenvalue weighted by Crippen LogP contribution is 2.26. The Kier molecular flexibility index (Phi) is 5.88. The van der Waals surface area contributed by atoms with Gasteiger partial charge in [0.2, 0.25) is 0 Å². The minimum Gasteiger partial charge on any atom is -0.507 e. The third-order valence-electron chi connectivity index (χ3n) is 4.13. The van der Waals surface area contributed by atoms with E-state index in [4.69, 9.17) is 4.74 Å². The maximum atomic E-state index is 10.2. The number of nitrogens with zero attached hydrogens (tertiary/aromatic N) is 2. The van der Waals surface area contributed by atoms with Crippen LogP contribution in [0.2, 0.25) is 0 Å². The van der Waals surface area contributed by atoms with Crippen molar-refractivity contribution in [2.45, 2.75) is 38.8 Å². The second-order valence-electron chi connectivity index (χ2n) is 6.13. The van der Waals surface area contributed by atoms with E-state index >= 15 is 0 Å². The summed E-state index contributed by atoms with van der Waals surface area (Å²) in [6.07, 6.45) is 3.46. The van der Waals surface area contributed by atoms with Gasteiger partial charge < -0.3 is 14.7 Å². The number of phenols is 1. The number of piperidine rings is 1. The fourth-order valence-corrected chi connectivity index (χ4v) is 2.82. The Balaban J connectivity index is 1.96. The summed E-state index contributed by atoms with van der Waals surface area (Å²) < 4.78 is 5.55. The van der Waals surface area contributed by atoms with Crippen LogP contribution in [0.15, 0.2) is 18.2 Å². The topological polar surface area (TPSA) is 35.9 Å². The van der Waals surface area contributed by atoms with Crippen LogP contribution in [0.25, 0.3) is 0 Å². The van der Waals surface area contributed by atoms with Crippen LogP contribution in [0.4, 0.5) is 0 Å². The first kappa shape index (κ1) is 16.1. The largest absolute Gasteiger partial charge is 0.507 e. The van der Waals surface area contributed by atoms with E-state index in [1.807, 2.05) is 12.1 Å². The number of rotatable bonds is 6. The molecule has 0 amide bonds. The number of likely N-dealkylation sites (N-methyl/N-ethyl adjacent to an activating group) is 1. The Morgan fingerprint density at radius 3 is 2.86 bits per heavy atom. The molecule has 0 bridgehead atoms. The predicted octanol–water partition coefficient (Wildman–Crippen LogP) is 2.71. The van der Waals surface area contributed by atoms with Gasteiger partial charge in [-0.15, -0.1) is 0 Å². The zero-order valence-electron chi connectivity index (χ0n) is 13.5. The van der Waals surface area contributed by atoms with E-state index in [0.717, 1.165) is 37.4 Å². The van der Waals surface area contributed by atoms with Crippen LogP contribution in [0.1, 0.15) is 31.7 Å². The number of hydrogen-bond acceptors (Lipinski definition) is 4. The SMILES string of the molecule is CCCOc1ccc(CN2CCCC(N(C)C)C2)c(O)c1. The van der Waals surface area contributed by atoms with Crippen LogP contribution < -0.4 is 4.74 Å². The molecule has 0 saturated carbocycles. The van der Waals surface area contributed by atoms with Crippen molar-refractivity contribution in [2.75, 3.05) is 33.8 Å². The second-order valence-corrected chi connectivity index (χ2v) is 6.13. The molecular weight excluding hydrogens is 264 g/mol. The molecule has 0 radical (unpaired) electrons. The van der Waals surface area contributed by atoms with Crippen molar-refractivity contribution in [2.24, 2.45) is 0 Å². The number of ether oxygens (including phenoxy) is 1. The molecule has 1 atom stereocenters. The van der Waals surface area contributed by atoms with Gasteiger partial charge in [0.1, 0.15) is 11.5 Å². The van der Waals surface area contributed by atoms with Crippen LogP contribution in [-0.2, 0) is 6.54 Å². The lowest BCUT2D eigenvalue weighted by Gasteiger charge is -2.36. The van der Waals surface area contributed by atoms with E-state index in [2.05, 4.69) is 30.8 Å². The summed E-state index contributed by atoms with van der Waals surface area (Å²) in [7, 11) is 4.29. The van der Waals surface area contributed by atoms with Crippen molar-refractivity contribution >= 4 is 0 Å². The van der Waals surface area contributed by atoms with E-state index in [-0.39, 0.29) is 0 Å². The summed E-state index contributed by atoms with van der Waals surface area (Å²) in [6.45, 7) is 5.75. The average Bonchev–Trinajstić information content (AvgIpc) is 2.48. The fourth-order valence-electron chi connectivity index (χ4n) is 2.82. The second kappa shape index (κ2) is 7.66. The number of likely N-dealkylation sites (tertiary alicyclic amines) is 1. The van der Waals surface area contributed by atoms with Gasteiger partial charge in [-0.05, 0) is 46.0 Å².